The Morgan fingerprint density at radius 2 is 0.570 bits per heavy atom. The van der Waals surface area contributed by atoms with Crippen molar-refractivity contribution < 1.29 is 85.7 Å². The molecule has 520 valence electrons. The van der Waals surface area contributed by atoms with Crippen molar-refractivity contribution in [2.75, 3.05) is 26.9 Å². The van der Waals surface area contributed by atoms with Gasteiger partial charge in [0.05, 0.1) is 77.2 Å². The van der Waals surface area contributed by atoms with Gasteiger partial charge in [0.1, 0.15) is 61.0 Å². The molecule has 12 rings (SSSR count). The van der Waals surface area contributed by atoms with Crippen LogP contribution in [-0.2, 0) is 117 Å². The summed E-state index contributed by atoms with van der Waals surface area (Å²) in [4.78, 5) is 28.9. The highest BCUT2D eigenvalue weighted by molar-refractivity contribution is 5.90. The maximum absolute atomic E-state index is 14.6. The zero-order chi connectivity index (χ0) is 68.5. The van der Waals surface area contributed by atoms with E-state index in [0.717, 1.165) is 38.9 Å². The van der Waals surface area contributed by atoms with Gasteiger partial charge in [0, 0.05) is 7.11 Å². The van der Waals surface area contributed by atoms with Crippen molar-refractivity contribution in [2.45, 2.75) is 138 Å². The Balaban J connectivity index is 0.983. The number of ether oxygens (including phenoxy) is 15. The fraction of sp³-hybridized carbons (Fsp3) is 0.317. The fourth-order valence-corrected chi connectivity index (χ4v) is 12.4. The minimum absolute atomic E-state index is 0.0126. The molecule has 3 saturated heterocycles. The van der Waals surface area contributed by atoms with Gasteiger partial charge in [0.2, 0.25) is 0 Å². The minimum atomic E-state index is -1.55. The monoisotopic (exact) mass is 1360 g/mol. The topological polar surface area (TPSA) is 193 Å². The SMILES string of the molecule is CO[C@@H]1O[C@H](CO)[C@@H](O[C@H]2O[C@H](COCc3ccccc3)[C@@H](O[C@@H]3O[C@H](COCc4ccccc4)[C@H](OCc4ccccc4)[C@H](OCc4ccccc4)[C@H]3OCc3ccccc3)[C@H](OCc3ccccc3)[C@H]2OCc2ccccc2)[C@H](OC(=O)c2ccccc2)[C@H]1OC(=O)c1ccccc1. The number of benzene rings is 9. The number of carbonyl (C=O) groups is 2. The second kappa shape index (κ2) is 37.2. The van der Waals surface area contributed by atoms with Crippen LogP contribution in [-0.4, -0.2) is 136 Å². The summed E-state index contributed by atoms with van der Waals surface area (Å²) in [5, 5.41) is 11.5. The van der Waals surface area contributed by atoms with Crippen LogP contribution in [0.4, 0.5) is 0 Å². The summed E-state index contributed by atoms with van der Waals surface area (Å²) in [5.74, 6) is -1.57. The molecule has 3 fully saturated rings. The molecule has 15 atom stereocenters. The van der Waals surface area contributed by atoms with Gasteiger partial charge in [-0.1, -0.05) is 249 Å². The molecule has 0 aliphatic carbocycles. The Kier molecular flexibility index (Phi) is 26.5. The van der Waals surface area contributed by atoms with Crippen molar-refractivity contribution in [2.24, 2.45) is 0 Å². The molecule has 18 heteroatoms. The molecule has 0 amide bonds. The standard InChI is InChI=1S/C82H84O18/c1-86-80-77(98-79(85)65-45-27-10-28-46-65)74(97-78(84)64-43-25-9-26-44-64)70(66(47-83)94-80)99-82-76(93-54-63-41-23-8-24-42-63)73(91-52-61-37-19-6-20-38-61)71(68(96-82)56-88-49-58-31-13-3-14-32-58)100-81-75(92-53-62-39-21-7-22-40-62)72(90-51-60-35-17-5-18-36-60)69(89-50-59-33-15-4-16-34-59)67(95-81)55-87-48-57-29-11-2-12-30-57/h2-46,66-77,80-83H,47-56H2,1H3/t66-,67-,68-,69+,70-,71-,72+,73+,74+,75-,76-,77-,80-,81+,82-/m1/s1. The van der Waals surface area contributed by atoms with Gasteiger partial charge in [-0.05, 0) is 63.2 Å². The third-order valence-electron chi connectivity index (χ3n) is 17.5. The zero-order valence-corrected chi connectivity index (χ0v) is 55.6. The summed E-state index contributed by atoms with van der Waals surface area (Å²) >= 11 is 0. The summed E-state index contributed by atoms with van der Waals surface area (Å²) in [6, 6.07) is 85.1. The van der Waals surface area contributed by atoms with Gasteiger partial charge in [0.15, 0.2) is 31.1 Å². The van der Waals surface area contributed by atoms with Crippen LogP contribution in [0.2, 0.25) is 0 Å². The van der Waals surface area contributed by atoms with Crippen molar-refractivity contribution in [3.63, 3.8) is 0 Å². The van der Waals surface area contributed by atoms with Crippen molar-refractivity contribution >= 4 is 11.9 Å². The fourth-order valence-electron chi connectivity index (χ4n) is 12.4. The number of methoxy groups -OCH3 is 1. The summed E-state index contributed by atoms with van der Waals surface area (Å²) in [5.41, 5.74) is 6.52. The average Bonchev–Trinajstić information content (AvgIpc) is 0.765. The molecular formula is C82H84O18. The van der Waals surface area contributed by atoms with E-state index in [0.29, 0.717) is 0 Å². The molecule has 0 radical (unpaired) electrons. The van der Waals surface area contributed by atoms with Gasteiger partial charge in [-0.2, -0.15) is 0 Å². The Morgan fingerprint density at radius 1 is 0.300 bits per heavy atom. The molecule has 18 nitrogen and oxygen atoms in total. The number of aliphatic hydroxyl groups excluding tert-OH is 1. The third kappa shape index (κ3) is 19.7. The van der Waals surface area contributed by atoms with Gasteiger partial charge in [-0.15, -0.1) is 0 Å². The van der Waals surface area contributed by atoms with Crippen molar-refractivity contribution in [1.29, 1.82) is 0 Å². The lowest BCUT2D eigenvalue weighted by Gasteiger charge is -2.51. The van der Waals surface area contributed by atoms with Crippen LogP contribution >= 0.6 is 0 Å². The van der Waals surface area contributed by atoms with E-state index in [9.17, 15) is 14.7 Å². The van der Waals surface area contributed by atoms with Crippen LogP contribution in [0, 0.1) is 0 Å². The van der Waals surface area contributed by atoms with Gasteiger partial charge in [0.25, 0.3) is 0 Å². The smallest absolute Gasteiger partial charge is 0.338 e. The Bertz CT molecular complexity index is 3800. The van der Waals surface area contributed by atoms with Crippen molar-refractivity contribution in [3.05, 3.63) is 323 Å². The number of esters is 2. The molecule has 0 unspecified atom stereocenters. The Labute approximate surface area is 583 Å². The summed E-state index contributed by atoms with van der Waals surface area (Å²) < 4.78 is 105. The average molecular weight is 1360 g/mol. The third-order valence-corrected chi connectivity index (χ3v) is 17.5. The maximum atomic E-state index is 14.6. The van der Waals surface area contributed by atoms with Crippen molar-refractivity contribution in [3.8, 4) is 0 Å². The quantitative estimate of drug-likeness (QED) is 0.0381. The summed E-state index contributed by atoms with van der Waals surface area (Å²) in [6.45, 7) is 0.0446. The molecule has 0 aromatic heterocycles. The predicted octanol–water partition coefficient (Wildman–Crippen LogP) is 12.4. The molecule has 3 heterocycles. The highest BCUT2D eigenvalue weighted by Gasteiger charge is 2.58. The van der Waals surface area contributed by atoms with Crippen LogP contribution in [0.5, 0.6) is 0 Å². The highest BCUT2D eigenvalue weighted by Crippen LogP contribution is 2.40. The first-order valence-electron chi connectivity index (χ1n) is 33.8. The molecule has 100 heavy (non-hydrogen) atoms. The number of aliphatic hydroxyl groups is 1. The number of hydrogen-bond acceptors (Lipinski definition) is 18. The number of carbonyl (C=O) groups excluding carboxylic acids is 2. The maximum Gasteiger partial charge on any atom is 0.338 e. The van der Waals surface area contributed by atoms with Crippen LogP contribution in [0.15, 0.2) is 273 Å². The Hall–Kier alpha value is -8.64. The van der Waals surface area contributed by atoms with Gasteiger partial charge >= 0.3 is 11.9 Å². The van der Waals surface area contributed by atoms with Crippen molar-refractivity contribution in [1.82, 2.24) is 0 Å². The van der Waals surface area contributed by atoms with E-state index in [-0.39, 0.29) is 70.6 Å². The van der Waals surface area contributed by atoms with E-state index in [4.69, 9.17) is 71.1 Å². The molecule has 9 aromatic carbocycles. The lowest BCUT2D eigenvalue weighted by molar-refractivity contribution is -0.391. The molecule has 1 N–H and O–H groups in total. The Morgan fingerprint density at radius 3 is 0.910 bits per heavy atom. The zero-order valence-electron chi connectivity index (χ0n) is 55.6. The highest BCUT2D eigenvalue weighted by atomic mass is 16.8. The molecule has 0 saturated carbocycles. The van der Waals surface area contributed by atoms with E-state index in [1.807, 2.05) is 212 Å². The first kappa shape index (κ1) is 71.2. The second-order valence-corrected chi connectivity index (χ2v) is 24.5. The molecule has 3 aliphatic heterocycles. The lowest BCUT2D eigenvalue weighted by atomic mass is 9.95. The van der Waals surface area contributed by atoms with Gasteiger partial charge in [-0.3, -0.25) is 0 Å². The number of rotatable bonds is 33. The van der Waals surface area contributed by atoms with Crippen LogP contribution < -0.4 is 0 Å². The summed E-state index contributed by atoms with van der Waals surface area (Å²) in [7, 11) is 1.36. The van der Waals surface area contributed by atoms with Crippen LogP contribution in [0.25, 0.3) is 0 Å². The van der Waals surface area contributed by atoms with Crippen LogP contribution in [0.3, 0.4) is 0 Å². The molecule has 0 spiro atoms. The second-order valence-electron chi connectivity index (χ2n) is 24.5. The predicted molar refractivity (Wildman–Crippen MR) is 368 cm³/mol. The first-order chi connectivity index (χ1) is 49.3. The van der Waals surface area contributed by atoms with Gasteiger partial charge in [-0.25, -0.2) is 9.59 Å². The number of hydrogen-bond donors (Lipinski definition) is 1. The normalized spacial score (nSPS) is 25.2. The van der Waals surface area contributed by atoms with E-state index >= 15 is 0 Å². The minimum Gasteiger partial charge on any atom is -0.452 e. The van der Waals surface area contributed by atoms with Crippen LogP contribution in [0.1, 0.15) is 59.7 Å². The van der Waals surface area contributed by atoms with E-state index in [2.05, 4.69) is 0 Å². The van der Waals surface area contributed by atoms with Gasteiger partial charge < -0.3 is 76.2 Å². The largest absolute Gasteiger partial charge is 0.452 e. The molecule has 9 aromatic rings. The summed E-state index contributed by atoms with van der Waals surface area (Å²) in [6.07, 6.45) is -18.6. The molecule has 3 aliphatic rings. The molecule has 0 bridgehead atoms. The first-order valence-corrected chi connectivity index (χ1v) is 33.8. The van der Waals surface area contributed by atoms with E-state index in [1.165, 1.54) is 7.11 Å². The van der Waals surface area contributed by atoms with E-state index in [1.54, 1.807) is 60.7 Å². The molecular weight excluding hydrogens is 1270 g/mol. The van der Waals surface area contributed by atoms with E-state index < -0.39 is 111 Å². The lowest BCUT2D eigenvalue weighted by Crippen LogP contribution is -2.68.